The lowest BCUT2D eigenvalue weighted by Gasteiger charge is -2.30. The van der Waals surface area contributed by atoms with E-state index in [2.05, 4.69) is 55.1 Å². The van der Waals surface area contributed by atoms with Crippen LogP contribution in [0.2, 0.25) is 0 Å². The molecule has 2 N–H and O–H groups in total. The van der Waals surface area contributed by atoms with Gasteiger partial charge in [0.25, 0.3) is 5.91 Å². The Labute approximate surface area is 182 Å². The minimum atomic E-state index is -0.0643. The van der Waals surface area contributed by atoms with Crippen molar-refractivity contribution in [2.45, 2.75) is 59.7 Å². The summed E-state index contributed by atoms with van der Waals surface area (Å²) in [5.41, 5.74) is 1.03. The smallest absolute Gasteiger partial charge is 0.259 e. The minimum absolute atomic E-state index is 0.0354. The lowest BCUT2D eigenvalue weighted by atomic mass is 10.2. The van der Waals surface area contributed by atoms with Crippen molar-refractivity contribution in [1.82, 2.24) is 20.4 Å². The van der Waals surface area contributed by atoms with Crippen molar-refractivity contribution < 1.29 is 9.53 Å². The first-order chi connectivity index (χ1) is 14.2. The van der Waals surface area contributed by atoms with E-state index in [-0.39, 0.29) is 12.5 Å². The molecule has 1 rings (SSSR count). The summed E-state index contributed by atoms with van der Waals surface area (Å²) in [6, 6.07) is 8.82. The van der Waals surface area contributed by atoms with Gasteiger partial charge in [-0.15, -0.1) is 0 Å². The first-order valence-corrected chi connectivity index (χ1v) is 10.9. The number of hydrogen-bond acceptors (Lipinski definition) is 4. The normalized spacial score (nSPS) is 11.9. The molecule has 0 saturated heterocycles. The van der Waals surface area contributed by atoms with Crippen LogP contribution in [0.4, 0.5) is 0 Å². The first kappa shape index (κ1) is 25.8. The molecule has 0 saturated carbocycles. The molecule has 0 bridgehead atoms. The molecular weight excluding hydrogens is 378 g/mol. The van der Waals surface area contributed by atoms with Crippen LogP contribution in [-0.4, -0.2) is 74.1 Å². The van der Waals surface area contributed by atoms with Gasteiger partial charge in [0.2, 0.25) is 0 Å². The maximum atomic E-state index is 11.7. The van der Waals surface area contributed by atoms with E-state index in [4.69, 9.17) is 4.74 Å². The fraction of sp³-hybridized carbons (Fsp3) is 0.652. The number of hydrogen-bond donors (Lipinski definition) is 2. The molecule has 7 heteroatoms. The lowest BCUT2D eigenvalue weighted by molar-refractivity contribution is -0.130. The SMILES string of the molecule is CCNC(=NCc1cccc(OCC(=O)N(C)C)c1)NCCCN(C(C)C)C(C)C. The number of carbonyl (C=O) groups excluding carboxylic acids is 1. The molecule has 0 spiro atoms. The van der Waals surface area contributed by atoms with Crippen molar-refractivity contribution in [3.05, 3.63) is 29.8 Å². The average Bonchev–Trinajstić information content (AvgIpc) is 2.69. The maximum absolute atomic E-state index is 11.7. The van der Waals surface area contributed by atoms with Crippen LogP contribution >= 0.6 is 0 Å². The summed E-state index contributed by atoms with van der Waals surface area (Å²) in [7, 11) is 3.44. The van der Waals surface area contributed by atoms with Crippen LogP contribution in [0.25, 0.3) is 0 Å². The van der Waals surface area contributed by atoms with Gasteiger partial charge >= 0.3 is 0 Å². The molecule has 0 radical (unpaired) electrons. The van der Waals surface area contributed by atoms with E-state index in [1.165, 1.54) is 4.90 Å². The largest absolute Gasteiger partial charge is 0.484 e. The van der Waals surface area contributed by atoms with Gasteiger partial charge in [0, 0.05) is 45.8 Å². The second kappa shape index (κ2) is 13.9. The number of nitrogens with one attached hydrogen (secondary N) is 2. The van der Waals surface area contributed by atoms with Crippen LogP contribution < -0.4 is 15.4 Å². The molecule has 7 nitrogen and oxygen atoms in total. The predicted octanol–water partition coefficient (Wildman–Crippen LogP) is 2.72. The number of rotatable bonds is 12. The van der Waals surface area contributed by atoms with Crippen LogP contribution in [0, 0.1) is 0 Å². The molecule has 170 valence electrons. The minimum Gasteiger partial charge on any atom is -0.484 e. The highest BCUT2D eigenvalue weighted by Gasteiger charge is 2.12. The fourth-order valence-corrected chi connectivity index (χ4v) is 3.10. The monoisotopic (exact) mass is 419 g/mol. The van der Waals surface area contributed by atoms with Crippen molar-refractivity contribution in [3.8, 4) is 5.75 Å². The van der Waals surface area contributed by atoms with E-state index >= 15 is 0 Å². The molecule has 0 aliphatic rings. The van der Waals surface area contributed by atoms with Gasteiger partial charge in [0.15, 0.2) is 12.6 Å². The van der Waals surface area contributed by atoms with Gasteiger partial charge in [0.1, 0.15) is 5.75 Å². The van der Waals surface area contributed by atoms with E-state index in [0.717, 1.165) is 37.6 Å². The highest BCUT2D eigenvalue weighted by Crippen LogP contribution is 2.14. The Bertz CT molecular complexity index is 651. The summed E-state index contributed by atoms with van der Waals surface area (Å²) >= 11 is 0. The van der Waals surface area contributed by atoms with E-state index in [1.54, 1.807) is 14.1 Å². The van der Waals surface area contributed by atoms with E-state index < -0.39 is 0 Å². The summed E-state index contributed by atoms with van der Waals surface area (Å²) in [4.78, 5) is 20.4. The average molecular weight is 420 g/mol. The first-order valence-electron chi connectivity index (χ1n) is 10.9. The summed E-state index contributed by atoms with van der Waals surface area (Å²) in [6.45, 7) is 14.4. The number of aliphatic imine (C=N–C) groups is 1. The highest BCUT2D eigenvalue weighted by molar-refractivity contribution is 5.79. The van der Waals surface area contributed by atoms with Gasteiger partial charge in [-0.3, -0.25) is 9.69 Å². The van der Waals surface area contributed by atoms with Gasteiger partial charge in [-0.2, -0.15) is 0 Å². The Hall–Kier alpha value is -2.28. The second-order valence-corrected chi connectivity index (χ2v) is 8.13. The molecule has 0 aromatic heterocycles. The fourth-order valence-electron chi connectivity index (χ4n) is 3.10. The summed E-state index contributed by atoms with van der Waals surface area (Å²) in [5.74, 6) is 1.43. The molecule has 1 aromatic rings. The van der Waals surface area contributed by atoms with Crippen LogP contribution in [-0.2, 0) is 11.3 Å². The van der Waals surface area contributed by atoms with Crippen molar-refractivity contribution in [1.29, 1.82) is 0 Å². The zero-order chi connectivity index (χ0) is 22.5. The van der Waals surface area contributed by atoms with E-state index in [0.29, 0.717) is 24.4 Å². The number of nitrogens with zero attached hydrogens (tertiary/aromatic N) is 3. The zero-order valence-corrected chi connectivity index (χ0v) is 19.9. The van der Waals surface area contributed by atoms with Gasteiger partial charge in [0.05, 0.1) is 6.54 Å². The number of likely N-dealkylation sites (N-methyl/N-ethyl adjacent to an activating group) is 1. The number of carbonyl (C=O) groups is 1. The standard InChI is InChI=1S/C23H41N5O2/c1-8-24-23(25-13-10-14-28(18(2)3)19(4)5)26-16-20-11-9-12-21(15-20)30-17-22(29)27(6)7/h9,11-12,15,18-19H,8,10,13-14,16-17H2,1-7H3,(H2,24,25,26). The zero-order valence-electron chi connectivity index (χ0n) is 19.9. The van der Waals surface area contributed by atoms with Gasteiger partial charge in [-0.25, -0.2) is 4.99 Å². The molecular formula is C23H41N5O2. The lowest BCUT2D eigenvalue weighted by Crippen LogP contribution is -2.41. The Balaban J connectivity index is 2.57. The van der Waals surface area contributed by atoms with Crippen molar-refractivity contribution in [2.24, 2.45) is 4.99 Å². The van der Waals surface area contributed by atoms with Crippen molar-refractivity contribution in [3.63, 3.8) is 0 Å². The number of amides is 1. The van der Waals surface area contributed by atoms with Gasteiger partial charge in [-0.05, 0) is 58.7 Å². The Morgan fingerprint density at radius 1 is 1.13 bits per heavy atom. The molecule has 0 atom stereocenters. The Kier molecular flexibility index (Phi) is 11.9. The summed E-state index contributed by atoms with van der Waals surface area (Å²) < 4.78 is 5.59. The molecule has 0 fully saturated rings. The van der Waals surface area contributed by atoms with Crippen LogP contribution in [0.5, 0.6) is 5.75 Å². The van der Waals surface area contributed by atoms with Gasteiger partial charge in [-0.1, -0.05) is 12.1 Å². The third-order valence-corrected chi connectivity index (χ3v) is 4.74. The predicted molar refractivity (Wildman–Crippen MR) is 125 cm³/mol. The van der Waals surface area contributed by atoms with Gasteiger partial charge < -0.3 is 20.3 Å². The van der Waals surface area contributed by atoms with Crippen LogP contribution in [0.15, 0.2) is 29.3 Å². The Morgan fingerprint density at radius 3 is 2.43 bits per heavy atom. The van der Waals surface area contributed by atoms with E-state index in [9.17, 15) is 4.79 Å². The highest BCUT2D eigenvalue weighted by atomic mass is 16.5. The number of ether oxygens (including phenoxy) is 1. The van der Waals surface area contributed by atoms with E-state index in [1.807, 2.05) is 24.3 Å². The molecule has 0 aliphatic heterocycles. The molecule has 1 amide bonds. The van der Waals surface area contributed by atoms with Crippen molar-refractivity contribution in [2.75, 3.05) is 40.3 Å². The summed E-state index contributed by atoms with van der Waals surface area (Å²) in [5, 5.41) is 6.72. The molecule has 0 aliphatic carbocycles. The number of benzene rings is 1. The third-order valence-electron chi connectivity index (χ3n) is 4.74. The summed E-state index contributed by atoms with van der Waals surface area (Å²) in [6.07, 6.45) is 1.06. The molecule has 1 aromatic carbocycles. The number of guanidine groups is 1. The second-order valence-electron chi connectivity index (χ2n) is 8.13. The topological polar surface area (TPSA) is 69.2 Å². The molecule has 0 heterocycles. The third kappa shape index (κ3) is 9.96. The molecule has 0 unspecified atom stereocenters. The van der Waals surface area contributed by atoms with Crippen LogP contribution in [0.3, 0.4) is 0 Å². The maximum Gasteiger partial charge on any atom is 0.259 e. The van der Waals surface area contributed by atoms with Crippen LogP contribution in [0.1, 0.15) is 46.6 Å². The quantitative estimate of drug-likeness (QED) is 0.310. The van der Waals surface area contributed by atoms with Crippen molar-refractivity contribution >= 4 is 11.9 Å². The Morgan fingerprint density at radius 2 is 1.83 bits per heavy atom. The molecule has 30 heavy (non-hydrogen) atoms.